The Kier molecular flexibility index (Phi) is 5.11. The summed E-state index contributed by atoms with van der Waals surface area (Å²) in [5.41, 5.74) is 0.893. The van der Waals surface area contributed by atoms with Gasteiger partial charge in [0.1, 0.15) is 18.1 Å². The summed E-state index contributed by atoms with van der Waals surface area (Å²) in [5.74, 6) is -2.43. The van der Waals surface area contributed by atoms with Crippen LogP contribution in [-0.4, -0.2) is 22.2 Å². The Morgan fingerprint density at radius 2 is 1.93 bits per heavy atom. The van der Waals surface area contributed by atoms with Crippen LogP contribution in [-0.2, 0) is 6.54 Å². The molecule has 0 N–H and O–H groups in total. The van der Waals surface area contributed by atoms with Crippen LogP contribution in [0, 0.1) is 12.7 Å². The molecule has 1 heterocycles. The van der Waals surface area contributed by atoms with Gasteiger partial charge in [0.25, 0.3) is 0 Å². The van der Waals surface area contributed by atoms with Gasteiger partial charge in [-0.05, 0) is 43.3 Å². The minimum Gasteiger partial charge on any atom is -0.434 e. The van der Waals surface area contributed by atoms with E-state index in [-0.39, 0.29) is 17.2 Å². The molecule has 6 nitrogen and oxygen atoms in total. The fourth-order valence-electron chi connectivity index (χ4n) is 2.40. The van der Waals surface area contributed by atoms with Gasteiger partial charge >= 0.3 is 12.4 Å². The van der Waals surface area contributed by atoms with Crippen LogP contribution in [0.25, 0.3) is 11.5 Å². The van der Waals surface area contributed by atoms with Crippen molar-refractivity contribution in [2.24, 2.45) is 0 Å². The third kappa shape index (κ3) is 4.25. The molecule has 0 radical (unpaired) electrons. The van der Waals surface area contributed by atoms with Crippen LogP contribution in [0.3, 0.4) is 0 Å². The first kappa shape index (κ1) is 18.4. The first-order valence-electron chi connectivity index (χ1n) is 7.76. The SMILES string of the molecule is Cc1ccc(OC(F)F)c(C(=O)Cn2nc(-c3ccc(F)cc3)oc2=O)c1. The van der Waals surface area contributed by atoms with E-state index in [1.807, 2.05) is 0 Å². The van der Waals surface area contributed by atoms with Crippen LogP contribution in [0.2, 0.25) is 0 Å². The number of benzene rings is 2. The predicted molar refractivity (Wildman–Crippen MR) is 88.3 cm³/mol. The number of nitrogens with zero attached hydrogens (tertiary/aromatic N) is 2. The van der Waals surface area contributed by atoms with E-state index in [2.05, 4.69) is 9.84 Å². The highest BCUT2D eigenvalue weighted by molar-refractivity contribution is 5.98. The van der Waals surface area contributed by atoms with E-state index in [0.29, 0.717) is 11.1 Å². The highest BCUT2D eigenvalue weighted by Gasteiger charge is 2.19. The predicted octanol–water partition coefficient (Wildman–Crippen LogP) is 3.44. The standard InChI is InChI=1S/C18H13F3N2O4/c1-10-2-7-15(26-17(20)21)13(8-10)14(24)9-23-18(25)27-16(22-23)11-3-5-12(19)6-4-11/h2-8,17H,9H2,1H3. The Bertz CT molecular complexity index is 1030. The number of carbonyl (C=O) groups excluding carboxylic acids is 1. The number of aromatic nitrogens is 2. The summed E-state index contributed by atoms with van der Waals surface area (Å²) in [4.78, 5) is 24.4. The van der Waals surface area contributed by atoms with Gasteiger partial charge in [-0.15, -0.1) is 5.10 Å². The molecule has 3 aromatic rings. The van der Waals surface area contributed by atoms with Crippen molar-refractivity contribution < 1.29 is 27.1 Å². The van der Waals surface area contributed by atoms with E-state index in [9.17, 15) is 22.8 Å². The molecule has 0 unspecified atom stereocenters. The third-order valence-corrected chi connectivity index (χ3v) is 3.64. The van der Waals surface area contributed by atoms with Gasteiger partial charge in [-0.25, -0.2) is 9.18 Å². The molecule has 0 saturated heterocycles. The quantitative estimate of drug-likeness (QED) is 0.615. The number of halogens is 3. The highest BCUT2D eigenvalue weighted by Crippen LogP contribution is 2.23. The molecule has 0 saturated carbocycles. The first-order valence-corrected chi connectivity index (χ1v) is 7.76. The molecule has 0 fully saturated rings. The molecule has 140 valence electrons. The van der Waals surface area contributed by atoms with Gasteiger partial charge < -0.3 is 9.15 Å². The Morgan fingerprint density at radius 3 is 2.59 bits per heavy atom. The number of Topliss-reactive ketones (excluding diaryl/α,β-unsaturated/α-hetero) is 1. The second kappa shape index (κ2) is 7.48. The van der Waals surface area contributed by atoms with Gasteiger partial charge in [-0.3, -0.25) is 4.79 Å². The molecule has 27 heavy (non-hydrogen) atoms. The molecule has 3 rings (SSSR count). The molecular weight excluding hydrogens is 365 g/mol. The van der Waals surface area contributed by atoms with E-state index >= 15 is 0 Å². The number of carbonyl (C=O) groups is 1. The maximum absolute atomic E-state index is 13.0. The molecule has 0 bridgehead atoms. The summed E-state index contributed by atoms with van der Waals surface area (Å²) in [6.07, 6.45) is 0. The van der Waals surface area contributed by atoms with Crippen molar-refractivity contribution in [3.05, 3.63) is 70.0 Å². The van der Waals surface area contributed by atoms with Crippen molar-refractivity contribution in [1.29, 1.82) is 0 Å². The van der Waals surface area contributed by atoms with Crippen LogP contribution >= 0.6 is 0 Å². The summed E-state index contributed by atoms with van der Waals surface area (Å²) in [6, 6.07) is 9.21. The first-order chi connectivity index (χ1) is 12.8. The number of ether oxygens (including phenoxy) is 1. The van der Waals surface area contributed by atoms with Gasteiger partial charge in [0, 0.05) is 5.56 Å². The van der Waals surface area contributed by atoms with Gasteiger partial charge in [0.2, 0.25) is 5.89 Å². The lowest BCUT2D eigenvalue weighted by Gasteiger charge is -2.10. The van der Waals surface area contributed by atoms with E-state index < -0.39 is 30.5 Å². The zero-order valence-corrected chi connectivity index (χ0v) is 14.0. The summed E-state index contributed by atoms with van der Waals surface area (Å²) in [5, 5.41) is 3.89. The largest absolute Gasteiger partial charge is 0.437 e. The summed E-state index contributed by atoms with van der Waals surface area (Å²) >= 11 is 0. The van der Waals surface area contributed by atoms with Crippen molar-refractivity contribution in [1.82, 2.24) is 9.78 Å². The van der Waals surface area contributed by atoms with Crippen molar-refractivity contribution in [3.8, 4) is 17.2 Å². The molecule has 0 aliphatic carbocycles. The fourth-order valence-corrected chi connectivity index (χ4v) is 2.40. The van der Waals surface area contributed by atoms with E-state index in [0.717, 1.165) is 4.68 Å². The lowest BCUT2D eigenvalue weighted by atomic mass is 10.1. The maximum atomic E-state index is 13.0. The zero-order chi connectivity index (χ0) is 19.6. The average Bonchev–Trinajstić information content (AvgIpc) is 2.97. The second-order valence-corrected chi connectivity index (χ2v) is 5.64. The highest BCUT2D eigenvalue weighted by atomic mass is 19.3. The minimum absolute atomic E-state index is 0.0962. The van der Waals surface area contributed by atoms with Crippen LogP contribution in [0.15, 0.2) is 51.7 Å². The number of ketones is 1. The normalized spacial score (nSPS) is 11.0. The average molecular weight is 378 g/mol. The maximum Gasteiger partial charge on any atom is 0.437 e. The number of hydrogen-bond acceptors (Lipinski definition) is 5. The molecule has 9 heteroatoms. The Hall–Kier alpha value is -3.36. The van der Waals surface area contributed by atoms with E-state index in [1.165, 1.54) is 42.5 Å². The Morgan fingerprint density at radius 1 is 1.22 bits per heavy atom. The zero-order valence-electron chi connectivity index (χ0n) is 14.0. The molecule has 0 amide bonds. The van der Waals surface area contributed by atoms with Gasteiger partial charge in [-0.2, -0.15) is 13.5 Å². The molecule has 0 aliphatic heterocycles. The lowest BCUT2D eigenvalue weighted by molar-refractivity contribution is -0.0501. The molecule has 0 atom stereocenters. The van der Waals surface area contributed by atoms with Crippen molar-refractivity contribution in [3.63, 3.8) is 0 Å². The third-order valence-electron chi connectivity index (χ3n) is 3.64. The van der Waals surface area contributed by atoms with E-state index in [1.54, 1.807) is 6.92 Å². The van der Waals surface area contributed by atoms with E-state index in [4.69, 9.17) is 4.42 Å². The van der Waals surface area contributed by atoms with Gasteiger partial charge in [-0.1, -0.05) is 11.6 Å². The number of aryl methyl sites for hydroxylation is 1. The van der Waals surface area contributed by atoms with Crippen LogP contribution in [0.5, 0.6) is 5.75 Å². The van der Waals surface area contributed by atoms with Crippen LogP contribution in [0.4, 0.5) is 13.2 Å². The van der Waals surface area contributed by atoms with Crippen molar-refractivity contribution >= 4 is 5.78 Å². The Balaban J connectivity index is 1.88. The lowest BCUT2D eigenvalue weighted by Crippen LogP contribution is -2.22. The smallest absolute Gasteiger partial charge is 0.434 e. The van der Waals surface area contributed by atoms with Crippen molar-refractivity contribution in [2.75, 3.05) is 0 Å². The second-order valence-electron chi connectivity index (χ2n) is 5.64. The Labute approximate surface area is 150 Å². The number of alkyl halides is 2. The van der Waals surface area contributed by atoms with Crippen molar-refractivity contribution in [2.45, 2.75) is 20.1 Å². The summed E-state index contributed by atoms with van der Waals surface area (Å²) in [6.45, 7) is -1.95. The van der Waals surface area contributed by atoms with Gasteiger partial charge in [0.05, 0.1) is 5.56 Å². The van der Waals surface area contributed by atoms with Gasteiger partial charge in [0.15, 0.2) is 5.78 Å². The topological polar surface area (TPSA) is 74.3 Å². The molecule has 0 aliphatic rings. The number of hydrogen-bond donors (Lipinski definition) is 0. The van der Waals surface area contributed by atoms with Crippen LogP contribution in [0.1, 0.15) is 15.9 Å². The molecule has 1 aromatic heterocycles. The fraction of sp³-hybridized carbons (Fsp3) is 0.167. The molecular formula is C18H13F3N2O4. The molecule has 2 aromatic carbocycles. The monoisotopic (exact) mass is 378 g/mol. The minimum atomic E-state index is -3.10. The summed E-state index contributed by atoms with van der Waals surface area (Å²) in [7, 11) is 0. The molecule has 0 spiro atoms. The number of rotatable bonds is 6. The summed E-state index contributed by atoms with van der Waals surface area (Å²) < 4.78 is 48.1. The van der Waals surface area contributed by atoms with Crippen LogP contribution < -0.4 is 10.5 Å².